The Morgan fingerprint density at radius 1 is 1.35 bits per heavy atom. The minimum absolute atomic E-state index is 0.120. The lowest BCUT2D eigenvalue weighted by Gasteiger charge is -2.29. The van der Waals surface area contributed by atoms with Crippen LogP contribution in [0, 0.1) is 0 Å². The maximum atomic E-state index is 12.7. The predicted molar refractivity (Wildman–Crippen MR) is 97.9 cm³/mol. The molecule has 7 heteroatoms. The highest BCUT2D eigenvalue weighted by atomic mass is 16.5. The molecule has 1 aromatic carbocycles. The zero-order chi connectivity index (χ0) is 18.6. The van der Waals surface area contributed by atoms with E-state index in [4.69, 9.17) is 4.74 Å². The van der Waals surface area contributed by atoms with Crippen LogP contribution in [-0.2, 0) is 11.3 Å². The normalized spacial score (nSPS) is 19.6. The molecule has 1 N–H and O–H groups in total. The maximum absolute atomic E-state index is 12.7. The van der Waals surface area contributed by atoms with Crippen molar-refractivity contribution in [3.05, 3.63) is 53.9 Å². The minimum atomic E-state index is -0.978. The van der Waals surface area contributed by atoms with E-state index >= 15 is 0 Å². The molecule has 1 atom stereocenters. The van der Waals surface area contributed by atoms with Crippen LogP contribution in [0.15, 0.2) is 42.7 Å². The lowest BCUT2D eigenvalue weighted by atomic mass is 10.0. The van der Waals surface area contributed by atoms with Gasteiger partial charge in [-0.15, -0.1) is 0 Å². The Morgan fingerprint density at radius 3 is 2.85 bits per heavy atom. The number of nitrogens with zero attached hydrogens (tertiary/aromatic N) is 4. The first-order chi connectivity index (χ1) is 12.5. The molecule has 1 fully saturated rings. The van der Waals surface area contributed by atoms with E-state index in [0.717, 1.165) is 5.56 Å². The molecule has 0 unspecified atom stereocenters. The molecule has 1 aliphatic heterocycles. The summed E-state index contributed by atoms with van der Waals surface area (Å²) in [6.45, 7) is 1.77. The Bertz CT molecular complexity index is 755. The number of ether oxygens (including phenoxy) is 1. The van der Waals surface area contributed by atoms with Gasteiger partial charge in [-0.2, -0.15) is 0 Å². The average Bonchev–Trinajstić information content (AvgIpc) is 3.04. The van der Waals surface area contributed by atoms with Gasteiger partial charge in [0.2, 0.25) is 5.95 Å². The lowest BCUT2D eigenvalue weighted by molar-refractivity contribution is 0.0264. The van der Waals surface area contributed by atoms with Gasteiger partial charge in [-0.05, 0) is 30.2 Å². The number of β-amino-alcohol motifs (C(OH)–C–C–N with tert-alkyl or cyclic N) is 1. The van der Waals surface area contributed by atoms with E-state index in [-0.39, 0.29) is 12.5 Å². The first kappa shape index (κ1) is 18.3. The second kappa shape index (κ2) is 7.80. The summed E-state index contributed by atoms with van der Waals surface area (Å²) in [7, 11) is 3.34. The highest BCUT2D eigenvalue weighted by molar-refractivity contribution is 5.94. The molecule has 26 heavy (non-hydrogen) atoms. The number of amides is 1. The van der Waals surface area contributed by atoms with Crippen molar-refractivity contribution in [2.24, 2.45) is 0 Å². The molecule has 2 heterocycles. The molecule has 0 bridgehead atoms. The summed E-state index contributed by atoms with van der Waals surface area (Å²) in [6, 6.07) is 9.12. The number of benzene rings is 1. The zero-order valence-electron chi connectivity index (χ0n) is 15.1. The quantitative estimate of drug-likeness (QED) is 0.841. The van der Waals surface area contributed by atoms with Crippen molar-refractivity contribution in [3.8, 4) is 0 Å². The van der Waals surface area contributed by atoms with Gasteiger partial charge in [-0.3, -0.25) is 4.79 Å². The summed E-state index contributed by atoms with van der Waals surface area (Å²) in [5.74, 6) is 0.482. The van der Waals surface area contributed by atoms with Crippen LogP contribution in [0.3, 0.4) is 0 Å². The summed E-state index contributed by atoms with van der Waals surface area (Å²) in [5, 5.41) is 10.9. The van der Waals surface area contributed by atoms with E-state index in [1.165, 1.54) is 0 Å². The third-order valence-corrected chi connectivity index (χ3v) is 4.53. The molecule has 0 saturated carbocycles. The number of methoxy groups -OCH3 is 1. The van der Waals surface area contributed by atoms with Crippen LogP contribution in [0.2, 0.25) is 0 Å². The molecule has 1 amide bonds. The number of aliphatic hydroxyl groups is 1. The largest absolute Gasteiger partial charge is 0.386 e. The highest BCUT2D eigenvalue weighted by Crippen LogP contribution is 2.25. The molecule has 0 aliphatic carbocycles. The van der Waals surface area contributed by atoms with Gasteiger partial charge in [-0.1, -0.05) is 12.1 Å². The third kappa shape index (κ3) is 4.17. The van der Waals surface area contributed by atoms with Crippen molar-refractivity contribution in [1.29, 1.82) is 0 Å². The highest BCUT2D eigenvalue weighted by Gasteiger charge is 2.39. The van der Waals surface area contributed by atoms with Crippen molar-refractivity contribution in [1.82, 2.24) is 14.9 Å². The van der Waals surface area contributed by atoms with Crippen molar-refractivity contribution in [3.63, 3.8) is 0 Å². The Labute approximate surface area is 153 Å². The molecule has 1 aliphatic rings. The number of hydrogen-bond donors (Lipinski definition) is 1. The number of likely N-dealkylation sites (N-methyl/N-ethyl adjacent to an activating group) is 1. The number of hydrogen-bond acceptors (Lipinski definition) is 6. The Kier molecular flexibility index (Phi) is 5.49. The summed E-state index contributed by atoms with van der Waals surface area (Å²) in [5.41, 5.74) is 0.555. The van der Waals surface area contributed by atoms with Crippen LogP contribution in [0.1, 0.15) is 22.3 Å². The summed E-state index contributed by atoms with van der Waals surface area (Å²) in [6.07, 6.45) is 3.93. The average molecular weight is 356 g/mol. The molecule has 1 aromatic heterocycles. The molecule has 138 valence electrons. The van der Waals surface area contributed by atoms with Crippen molar-refractivity contribution in [2.75, 3.05) is 38.7 Å². The van der Waals surface area contributed by atoms with Gasteiger partial charge in [0, 0.05) is 38.7 Å². The molecule has 3 rings (SSSR count). The Balaban J connectivity index is 1.64. The fourth-order valence-corrected chi connectivity index (χ4v) is 3.31. The lowest BCUT2D eigenvalue weighted by Crippen LogP contribution is -2.46. The smallest absolute Gasteiger partial charge is 0.253 e. The van der Waals surface area contributed by atoms with E-state index < -0.39 is 5.60 Å². The number of carbonyl (C=O) groups excluding carboxylic acids is 1. The first-order valence-corrected chi connectivity index (χ1v) is 8.58. The fraction of sp³-hybridized carbons (Fsp3) is 0.421. The maximum Gasteiger partial charge on any atom is 0.253 e. The molecule has 1 saturated heterocycles. The van der Waals surface area contributed by atoms with Gasteiger partial charge >= 0.3 is 0 Å². The van der Waals surface area contributed by atoms with E-state index in [1.54, 1.807) is 43.6 Å². The van der Waals surface area contributed by atoms with Crippen molar-refractivity contribution in [2.45, 2.75) is 18.6 Å². The van der Waals surface area contributed by atoms with Gasteiger partial charge < -0.3 is 19.6 Å². The first-order valence-electron chi connectivity index (χ1n) is 8.58. The molecule has 0 radical (unpaired) electrons. The molecular weight excluding hydrogens is 332 g/mol. The predicted octanol–water partition coefficient (Wildman–Crippen LogP) is 1.34. The Morgan fingerprint density at radius 2 is 2.12 bits per heavy atom. The molecule has 0 spiro atoms. The molecule has 2 aromatic rings. The molecule has 7 nitrogen and oxygen atoms in total. The van der Waals surface area contributed by atoms with Crippen LogP contribution in [0.4, 0.5) is 5.95 Å². The Hall–Kier alpha value is -2.51. The van der Waals surface area contributed by atoms with Gasteiger partial charge in [0.15, 0.2) is 0 Å². The van der Waals surface area contributed by atoms with Crippen LogP contribution >= 0.6 is 0 Å². The number of rotatable bonds is 6. The van der Waals surface area contributed by atoms with Gasteiger partial charge in [0.1, 0.15) is 5.60 Å². The number of anilines is 1. The van der Waals surface area contributed by atoms with Crippen LogP contribution in [0.25, 0.3) is 0 Å². The van der Waals surface area contributed by atoms with E-state index in [2.05, 4.69) is 9.97 Å². The fourth-order valence-electron chi connectivity index (χ4n) is 3.31. The number of carbonyl (C=O) groups is 1. The van der Waals surface area contributed by atoms with E-state index in [1.807, 2.05) is 23.1 Å². The monoisotopic (exact) mass is 356 g/mol. The SMILES string of the molecule is COCc1cccc(C(=O)N(C)C[C@@]2(O)CCN(c3ncccn3)C2)c1. The summed E-state index contributed by atoms with van der Waals surface area (Å²) < 4.78 is 5.12. The van der Waals surface area contributed by atoms with E-state index in [9.17, 15) is 9.90 Å². The zero-order valence-corrected chi connectivity index (χ0v) is 15.1. The van der Waals surface area contributed by atoms with E-state index in [0.29, 0.717) is 37.6 Å². The van der Waals surface area contributed by atoms with Crippen LogP contribution in [0.5, 0.6) is 0 Å². The third-order valence-electron chi connectivity index (χ3n) is 4.53. The van der Waals surface area contributed by atoms with Crippen molar-refractivity contribution < 1.29 is 14.6 Å². The molecular formula is C19H24N4O3. The van der Waals surface area contributed by atoms with Crippen LogP contribution in [-0.4, -0.2) is 65.3 Å². The van der Waals surface area contributed by atoms with Crippen molar-refractivity contribution >= 4 is 11.9 Å². The minimum Gasteiger partial charge on any atom is -0.386 e. The standard InChI is InChI=1S/C19H24N4O3/c1-22(17(24)16-6-3-5-15(11-16)12-26-2)13-19(25)7-10-23(14-19)18-20-8-4-9-21-18/h3-6,8-9,11,25H,7,10,12-14H2,1-2H3/t19-/m0/s1. The van der Waals surface area contributed by atoms with Gasteiger partial charge in [0.05, 0.1) is 19.7 Å². The van der Waals surface area contributed by atoms with Crippen LogP contribution < -0.4 is 4.90 Å². The number of aromatic nitrogens is 2. The van der Waals surface area contributed by atoms with Gasteiger partial charge in [-0.25, -0.2) is 9.97 Å². The topological polar surface area (TPSA) is 78.8 Å². The van der Waals surface area contributed by atoms with Gasteiger partial charge in [0.25, 0.3) is 5.91 Å². The second-order valence-corrected chi connectivity index (χ2v) is 6.74. The second-order valence-electron chi connectivity index (χ2n) is 6.74. The summed E-state index contributed by atoms with van der Waals surface area (Å²) in [4.78, 5) is 24.7. The summed E-state index contributed by atoms with van der Waals surface area (Å²) >= 11 is 0.